The second-order valence-corrected chi connectivity index (χ2v) is 5.88. The van der Waals surface area contributed by atoms with Crippen molar-refractivity contribution < 1.29 is 4.74 Å². The van der Waals surface area contributed by atoms with Gasteiger partial charge in [-0.15, -0.1) is 5.10 Å². The van der Waals surface area contributed by atoms with Crippen LogP contribution in [0.4, 0.5) is 0 Å². The maximum Gasteiger partial charge on any atom is 0.278 e. The van der Waals surface area contributed by atoms with E-state index in [1.807, 2.05) is 43.1 Å². The Kier molecular flexibility index (Phi) is 4.57. The average molecular weight is 324 g/mol. The minimum absolute atomic E-state index is 0.136. The molecule has 2 aromatic carbocycles. The van der Waals surface area contributed by atoms with Gasteiger partial charge in [0.15, 0.2) is 0 Å². The van der Waals surface area contributed by atoms with E-state index in [0.717, 1.165) is 11.3 Å². The molecule has 0 bridgehead atoms. The molecule has 0 spiro atoms. The summed E-state index contributed by atoms with van der Waals surface area (Å²) in [6, 6.07) is 13.3. The van der Waals surface area contributed by atoms with Gasteiger partial charge in [-0.3, -0.25) is 9.69 Å². The Hall–Kier alpha value is -2.73. The molecule has 6 nitrogen and oxygen atoms in total. The molecule has 3 aromatic rings. The van der Waals surface area contributed by atoms with Gasteiger partial charge >= 0.3 is 0 Å². The van der Waals surface area contributed by atoms with E-state index in [0.29, 0.717) is 24.1 Å². The largest absolute Gasteiger partial charge is 0.496 e. The first-order chi connectivity index (χ1) is 11.6. The fraction of sp³-hybridized carbons (Fsp3) is 0.278. The quantitative estimate of drug-likeness (QED) is 0.720. The van der Waals surface area contributed by atoms with Crippen molar-refractivity contribution in [3.63, 3.8) is 0 Å². The van der Waals surface area contributed by atoms with Gasteiger partial charge in [-0.05, 0) is 32.2 Å². The van der Waals surface area contributed by atoms with Gasteiger partial charge in [-0.1, -0.05) is 35.0 Å². The van der Waals surface area contributed by atoms with Crippen molar-refractivity contribution in [3.05, 3.63) is 63.9 Å². The van der Waals surface area contributed by atoms with Crippen LogP contribution in [-0.2, 0) is 13.2 Å². The number of nitrogens with zero attached hydrogens (tertiary/aromatic N) is 4. The van der Waals surface area contributed by atoms with Crippen molar-refractivity contribution in [1.82, 2.24) is 19.9 Å². The van der Waals surface area contributed by atoms with E-state index in [-0.39, 0.29) is 5.56 Å². The fourth-order valence-corrected chi connectivity index (χ4v) is 2.72. The van der Waals surface area contributed by atoms with Gasteiger partial charge in [0.1, 0.15) is 11.3 Å². The molecule has 0 aliphatic heterocycles. The van der Waals surface area contributed by atoms with Crippen LogP contribution in [0.3, 0.4) is 0 Å². The second-order valence-electron chi connectivity index (χ2n) is 5.88. The molecule has 0 fully saturated rings. The number of fused-ring (bicyclic) bond motifs is 1. The van der Waals surface area contributed by atoms with Crippen molar-refractivity contribution >= 4 is 10.9 Å². The molecule has 0 saturated carbocycles. The highest BCUT2D eigenvalue weighted by molar-refractivity contribution is 5.76. The molecule has 0 unspecified atom stereocenters. The predicted octanol–water partition coefficient (Wildman–Crippen LogP) is 2.20. The summed E-state index contributed by atoms with van der Waals surface area (Å²) in [6.07, 6.45) is 0. The van der Waals surface area contributed by atoms with E-state index in [9.17, 15) is 4.79 Å². The first-order valence-corrected chi connectivity index (χ1v) is 7.73. The number of rotatable bonds is 5. The number of aromatic nitrogens is 3. The highest BCUT2D eigenvalue weighted by Crippen LogP contribution is 2.21. The summed E-state index contributed by atoms with van der Waals surface area (Å²) in [7, 11) is 3.60. The normalized spacial score (nSPS) is 11.2. The van der Waals surface area contributed by atoms with Crippen LogP contribution < -0.4 is 10.3 Å². The molecule has 0 aliphatic carbocycles. The topological polar surface area (TPSA) is 60.2 Å². The van der Waals surface area contributed by atoms with Gasteiger partial charge in [-0.2, -0.15) is 4.68 Å². The van der Waals surface area contributed by atoms with E-state index in [1.165, 1.54) is 10.2 Å². The fourth-order valence-electron chi connectivity index (χ4n) is 2.72. The summed E-state index contributed by atoms with van der Waals surface area (Å²) in [5, 5.41) is 8.72. The van der Waals surface area contributed by atoms with Crippen LogP contribution in [0.25, 0.3) is 10.9 Å². The van der Waals surface area contributed by atoms with Crippen LogP contribution in [0, 0.1) is 6.92 Å². The molecule has 24 heavy (non-hydrogen) atoms. The van der Waals surface area contributed by atoms with E-state index < -0.39 is 0 Å². The maximum atomic E-state index is 12.5. The van der Waals surface area contributed by atoms with Crippen molar-refractivity contribution in [2.24, 2.45) is 0 Å². The lowest BCUT2D eigenvalue weighted by atomic mass is 10.1. The first-order valence-electron chi connectivity index (χ1n) is 7.73. The third-order valence-corrected chi connectivity index (χ3v) is 3.88. The molecule has 0 radical (unpaired) electrons. The number of hydrogen-bond donors (Lipinski definition) is 0. The number of ether oxygens (including phenoxy) is 1. The number of hydrogen-bond acceptors (Lipinski definition) is 5. The Morgan fingerprint density at radius 2 is 2.00 bits per heavy atom. The standard InChI is InChI=1S/C18H20N4O2/c1-13-8-9-17(24-3)14(10-13)11-21(2)12-22-18(23)15-6-4-5-7-16(15)19-20-22/h4-10H,11-12H2,1-3H3. The zero-order valence-electron chi connectivity index (χ0n) is 14.1. The lowest BCUT2D eigenvalue weighted by Crippen LogP contribution is -2.32. The van der Waals surface area contributed by atoms with E-state index in [4.69, 9.17) is 4.74 Å². The Morgan fingerprint density at radius 1 is 1.21 bits per heavy atom. The Balaban J connectivity index is 1.83. The molecule has 124 valence electrons. The van der Waals surface area contributed by atoms with Gasteiger partial charge in [0.2, 0.25) is 0 Å². The number of benzene rings is 2. The second kappa shape index (κ2) is 6.80. The average Bonchev–Trinajstić information content (AvgIpc) is 2.58. The SMILES string of the molecule is COc1ccc(C)cc1CN(C)Cn1nnc2ccccc2c1=O. The molecule has 1 heterocycles. The summed E-state index contributed by atoms with van der Waals surface area (Å²) >= 11 is 0. The maximum absolute atomic E-state index is 12.5. The van der Waals surface area contributed by atoms with E-state index in [2.05, 4.69) is 16.4 Å². The van der Waals surface area contributed by atoms with Crippen molar-refractivity contribution in [1.29, 1.82) is 0 Å². The monoisotopic (exact) mass is 324 g/mol. The summed E-state index contributed by atoms with van der Waals surface area (Å²) in [6.45, 7) is 3.04. The molecule has 0 amide bonds. The Labute approximate surface area is 140 Å². The van der Waals surface area contributed by atoms with Crippen LogP contribution in [-0.4, -0.2) is 34.1 Å². The minimum atomic E-state index is -0.136. The highest BCUT2D eigenvalue weighted by atomic mass is 16.5. The van der Waals surface area contributed by atoms with E-state index in [1.54, 1.807) is 19.2 Å². The lowest BCUT2D eigenvalue weighted by molar-refractivity contribution is 0.233. The van der Waals surface area contributed by atoms with Gasteiger partial charge in [0.25, 0.3) is 5.56 Å². The molecule has 6 heteroatoms. The van der Waals surface area contributed by atoms with Gasteiger partial charge in [-0.25, -0.2) is 0 Å². The first kappa shape index (κ1) is 16.1. The molecule has 0 aliphatic rings. The summed E-state index contributed by atoms with van der Waals surface area (Å²) in [5.41, 5.74) is 2.72. The molecule has 0 atom stereocenters. The molecule has 0 saturated heterocycles. The third kappa shape index (κ3) is 3.28. The third-order valence-electron chi connectivity index (χ3n) is 3.88. The zero-order chi connectivity index (χ0) is 17.1. The van der Waals surface area contributed by atoms with Crippen LogP contribution in [0.15, 0.2) is 47.3 Å². The molecule has 1 aromatic heterocycles. The Morgan fingerprint density at radius 3 is 2.79 bits per heavy atom. The van der Waals surface area contributed by atoms with Crippen molar-refractivity contribution in [2.75, 3.05) is 14.2 Å². The minimum Gasteiger partial charge on any atom is -0.496 e. The van der Waals surface area contributed by atoms with Crippen molar-refractivity contribution in [3.8, 4) is 5.75 Å². The number of aryl methyl sites for hydroxylation is 1. The molecular weight excluding hydrogens is 304 g/mol. The van der Waals surface area contributed by atoms with Crippen LogP contribution >= 0.6 is 0 Å². The molecular formula is C18H20N4O2. The highest BCUT2D eigenvalue weighted by Gasteiger charge is 2.10. The molecule has 3 rings (SSSR count). The van der Waals surface area contributed by atoms with Gasteiger partial charge < -0.3 is 4.74 Å². The van der Waals surface area contributed by atoms with Crippen LogP contribution in [0.2, 0.25) is 0 Å². The zero-order valence-corrected chi connectivity index (χ0v) is 14.1. The lowest BCUT2D eigenvalue weighted by Gasteiger charge is -2.19. The van der Waals surface area contributed by atoms with Gasteiger partial charge in [0, 0.05) is 12.1 Å². The predicted molar refractivity (Wildman–Crippen MR) is 93.0 cm³/mol. The van der Waals surface area contributed by atoms with Crippen molar-refractivity contribution in [2.45, 2.75) is 20.1 Å². The summed E-state index contributed by atoms with van der Waals surface area (Å²) < 4.78 is 6.79. The van der Waals surface area contributed by atoms with Crippen LogP contribution in [0.5, 0.6) is 5.75 Å². The summed E-state index contributed by atoms with van der Waals surface area (Å²) in [5.74, 6) is 0.837. The van der Waals surface area contributed by atoms with Gasteiger partial charge in [0.05, 0.1) is 19.2 Å². The number of methoxy groups -OCH3 is 1. The summed E-state index contributed by atoms with van der Waals surface area (Å²) in [4.78, 5) is 14.5. The smallest absolute Gasteiger partial charge is 0.278 e. The van der Waals surface area contributed by atoms with Crippen LogP contribution in [0.1, 0.15) is 11.1 Å². The van der Waals surface area contributed by atoms with E-state index >= 15 is 0 Å². The Bertz CT molecular complexity index is 920. The molecule has 0 N–H and O–H groups in total.